The molecule has 0 spiro atoms. The van der Waals surface area contributed by atoms with Crippen molar-refractivity contribution < 1.29 is 14.3 Å². The van der Waals surface area contributed by atoms with Gasteiger partial charge in [-0.2, -0.15) is 5.26 Å². The van der Waals surface area contributed by atoms with E-state index in [2.05, 4.69) is 5.32 Å². The molecule has 1 aromatic rings. The predicted octanol–water partition coefficient (Wildman–Crippen LogP) is 1.25. The van der Waals surface area contributed by atoms with Crippen molar-refractivity contribution >= 4 is 5.91 Å². The van der Waals surface area contributed by atoms with E-state index < -0.39 is 5.91 Å². The van der Waals surface area contributed by atoms with Gasteiger partial charge in [-0.15, -0.1) is 0 Å². The van der Waals surface area contributed by atoms with E-state index in [1.54, 1.807) is 18.2 Å². The van der Waals surface area contributed by atoms with Gasteiger partial charge in [0.05, 0.1) is 12.8 Å². The first-order valence-corrected chi connectivity index (χ1v) is 4.25. The predicted molar refractivity (Wildman–Crippen MR) is 51.5 cm³/mol. The average Bonchev–Trinajstić information content (AvgIpc) is 2.67. The minimum Gasteiger partial charge on any atom is -0.511 e. The van der Waals surface area contributed by atoms with E-state index in [0.717, 1.165) is 0 Å². The van der Waals surface area contributed by atoms with Crippen LogP contribution in [0.15, 0.2) is 34.1 Å². The van der Waals surface area contributed by atoms with Crippen LogP contribution >= 0.6 is 0 Å². The lowest BCUT2D eigenvalue weighted by atomic mass is 10.2. The Labute approximate surface area is 86.6 Å². The Balaban J connectivity index is 2.58. The minimum atomic E-state index is -0.617. The first kappa shape index (κ1) is 10.9. The summed E-state index contributed by atoms with van der Waals surface area (Å²) in [4.78, 5) is 11.3. The molecule has 0 aliphatic rings. The van der Waals surface area contributed by atoms with Gasteiger partial charge in [0.1, 0.15) is 17.6 Å². The van der Waals surface area contributed by atoms with Crippen molar-refractivity contribution in [2.75, 3.05) is 0 Å². The summed E-state index contributed by atoms with van der Waals surface area (Å²) in [5.74, 6) is -0.334. The van der Waals surface area contributed by atoms with Gasteiger partial charge in [-0.05, 0) is 19.1 Å². The molecule has 15 heavy (non-hydrogen) atoms. The fourth-order valence-corrected chi connectivity index (χ4v) is 0.965. The molecule has 1 amide bonds. The van der Waals surface area contributed by atoms with Crippen molar-refractivity contribution in [1.29, 1.82) is 5.26 Å². The summed E-state index contributed by atoms with van der Waals surface area (Å²) in [7, 11) is 0. The SMILES string of the molecule is CC(O)=C(C#N)C(=O)NCc1ccco1. The summed E-state index contributed by atoms with van der Waals surface area (Å²) in [6.07, 6.45) is 1.49. The molecule has 0 bridgehead atoms. The van der Waals surface area contributed by atoms with E-state index in [-0.39, 0.29) is 17.9 Å². The Morgan fingerprint density at radius 2 is 2.47 bits per heavy atom. The molecule has 2 N–H and O–H groups in total. The summed E-state index contributed by atoms with van der Waals surface area (Å²) in [5, 5.41) is 20.0. The van der Waals surface area contributed by atoms with Gasteiger partial charge in [0.15, 0.2) is 5.57 Å². The van der Waals surface area contributed by atoms with Crippen molar-refractivity contribution in [3.05, 3.63) is 35.5 Å². The Morgan fingerprint density at radius 3 is 2.93 bits per heavy atom. The molecule has 78 valence electrons. The quantitative estimate of drug-likeness (QED) is 0.442. The third kappa shape index (κ3) is 2.88. The number of nitrogens with one attached hydrogen (secondary N) is 1. The van der Waals surface area contributed by atoms with Crippen LogP contribution in [0.3, 0.4) is 0 Å². The van der Waals surface area contributed by atoms with E-state index in [9.17, 15) is 4.79 Å². The highest BCUT2D eigenvalue weighted by molar-refractivity contribution is 5.97. The Bertz CT molecular complexity index is 408. The van der Waals surface area contributed by atoms with Crippen molar-refractivity contribution in [3.63, 3.8) is 0 Å². The third-order valence-electron chi connectivity index (χ3n) is 1.70. The number of allylic oxidation sites excluding steroid dienone is 1. The molecule has 0 unspecified atom stereocenters. The summed E-state index contributed by atoms with van der Waals surface area (Å²) < 4.78 is 4.98. The molecule has 1 heterocycles. The number of hydrogen-bond donors (Lipinski definition) is 2. The number of nitriles is 1. The summed E-state index contributed by atoms with van der Waals surface area (Å²) >= 11 is 0. The number of rotatable bonds is 3. The lowest BCUT2D eigenvalue weighted by Gasteiger charge is -2.01. The fraction of sp³-hybridized carbons (Fsp3) is 0.200. The van der Waals surface area contributed by atoms with Crippen molar-refractivity contribution in [3.8, 4) is 6.07 Å². The number of aliphatic hydroxyl groups excluding tert-OH is 1. The number of amides is 1. The van der Waals surface area contributed by atoms with Gasteiger partial charge in [-0.25, -0.2) is 0 Å². The Hall–Kier alpha value is -2.22. The largest absolute Gasteiger partial charge is 0.511 e. The van der Waals surface area contributed by atoms with E-state index in [1.807, 2.05) is 0 Å². The van der Waals surface area contributed by atoms with Crippen LogP contribution < -0.4 is 5.32 Å². The molecule has 5 heteroatoms. The molecule has 0 aliphatic heterocycles. The van der Waals surface area contributed by atoms with Crippen LogP contribution in [0.5, 0.6) is 0 Å². The van der Waals surface area contributed by atoms with E-state index in [0.29, 0.717) is 5.76 Å². The molecule has 0 fully saturated rings. The lowest BCUT2D eigenvalue weighted by Crippen LogP contribution is -2.24. The normalized spacial score (nSPS) is 11.5. The molecule has 5 nitrogen and oxygen atoms in total. The van der Waals surface area contributed by atoms with Crippen LogP contribution in [0.25, 0.3) is 0 Å². The van der Waals surface area contributed by atoms with Gasteiger partial charge in [0, 0.05) is 0 Å². The second kappa shape index (κ2) is 4.86. The van der Waals surface area contributed by atoms with Crippen molar-refractivity contribution in [2.45, 2.75) is 13.5 Å². The van der Waals surface area contributed by atoms with Gasteiger partial charge in [-0.1, -0.05) is 0 Å². The van der Waals surface area contributed by atoms with Gasteiger partial charge in [-0.3, -0.25) is 4.79 Å². The first-order chi connectivity index (χ1) is 7.15. The van der Waals surface area contributed by atoms with Crippen LogP contribution in [0.1, 0.15) is 12.7 Å². The summed E-state index contributed by atoms with van der Waals surface area (Å²) in [5.41, 5.74) is -0.290. The summed E-state index contributed by atoms with van der Waals surface area (Å²) in [6, 6.07) is 5.01. The Kier molecular flexibility index (Phi) is 3.52. The van der Waals surface area contributed by atoms with Gasteiger partial charge in [0.2, 0.25) is 0 Å². The molecule has 0 aliphatic carbocycles. The van der Waals surface area contributed by atoms with Gasteiger partial charge >= 0.3 is 0 Å². The van der Waals surface area contributed by atoms with Crippen LogP contribution in [0.2, 0.25) is 0 Å². The number of furan rings is 1. The zero-order chi connectivity index (χ0) is 11.3. The van der Waals surface area contributed by atoms with Gasteiger partial charge in [0.25, 0.3) is 5.91 Å². The van der Waals surface area contributed by atoms with Crippen LogP contribution in [0, 0.1) is 11.3 Å². The molecular formula is C10H10N2O3. The number of aliphatic hydroxyl groups is 1. The van der Waals surface area contributed by atoms with Crippen LogP contribution in [-0.2, 0) is 11.3 Å². The molecule has 1 aromatic heterocycles. The molecule has 0 radical (unpaired) electrons. The highest BCUT2D eigenvalue weighted by Crippen LogP contribution is 2.02. The molecule has 1 rings (SSSR count). The molecular weight excluding hydrogens is 196 g/mol. The maximum atomic E-state index is 11.3. The number of hydrogen-bond acceptors (Lipinski definition) is 4. The third-order valence-corrected chi connectivity index (χ3v) is 1.70. The maximum absolute atomic E-state index is 11.3. The van der Waals surface area contributed by atoms with Crippen LogP contribution in [0.4, 0.5) is 0 Å². The monoisotopic (exact) mass is 206 g/mol. The zero-order valence-corrected chi connectivity index (χ0v) is 8.15. The lowest BCUT2D eigenvalue weighted by molar-refractivity contribution is -0.117. The number of carbonyl (C=O) groups excluding carboxylic acids is 1. The maximum Gasteiger partial charge on any atom is 0.265 e. The number of nitrogens with zero attached hydrogens (tertiary/aromatic N) is 1. The second-order valence-electron chi connectivity index (χ2n) is 2.83. The van der Waals surface area contributed by atoms with Gasteiger partial charge < -0.3 is 14.8 Å². The second-order valence-corrected chi connectivity index (χ2v) is 2.83. The average molecular weight is 206 g/mol. The standard InChI is InChI=1S/C10H10N2O3/c1-7(13)9(5-11)10(14)12-6-8-3-2-4-15-8/h2-4,13H,6H2,1H3,(H,12,14). The van der Waals surface area contributed by atoms with Crippen LogP contribution in [-0.4, -0.2) is 11.0 Å². The minimum absolute atomic E-state index is 0.185. The molecule has 0 saturated carbocycles. The van der Waals surface area contributed by atoms with E-state index in [4.69, 9.17) is 14.8 Å². The summed E-state index contributed by atoms with van der Waals surface area (Å²) in [6.45, 7) is 1.47. The van der Waals surface area contributed by atoms with E-state index >= 15 is 0 Å². The fourth-order valence-electron chi connectivity index (χ4n) is 0.965. The highest BCUT2D eigenvalue weighted by atomic mass is 16.3. The molecule has 0 atom stereocenters. The zero-order valence-electron chi connectivity index (χ0n) is 8.15. The smallest absolute Gasteiger partial charge is 0.265 e. The highest BCUT2D eigenvalue weighted by Gasteiger charge is 2.12. The molecule has 0 aromatic carbocycles. The van der Waals surface area contributed by atoms with Crippen molar-refractivity contribution in [2.24, 2.45) is 0 Å². The topological polar surface area (TPSA) is 86.3 Å². The Morgan fingerprint density at radius 1 is 1.73 bits per heavy atom. The van der Waals surface area contributed by atoms with Crippen molar-refractivity contribution in [1.82, 2.24) is 5.32 Å². The first-order valence-electron chi connectivity index (χ1n) is 4.25. The number of carbonyl (C=O) groups is 1. The van der Waals surface area contributed by atoms with E-state index in [1.165, 1.54) is 13.2 Å². The molecule has 0 saturated heterocycles.